The number of rotatable bonds is 3. The van der Waals surface area contributed by atoms with Gasteiger partial charge in [-0.2, -0.15) is 12.6 Å². The summed E-state index contributed by atoms with van der Waals surface area (Å²) in [5.74, 6) is -0.949. The zero-order valence-corrected chi connectivity index (χ0v) is 8.85. The van der Waals surface area contributed by atoms with Crippen LogP contribution in [0.5, 0.6) is 0 Å². The van der Waals surface area contributed by atoms with Crippen LogP contribution in [0.2, 0.25) is 0 Å². The summed E-state index contributed by atoms with van der Waals surface area (Å²) in [5, 5.41) is 7.46. The Morgan fingerprint density at radius 3 is 1.79 bits per heavy atom. The molecule has 0 saturated carbocycles. The highest BCUT2D eigenvalue weighted by Crippen LogP contribution is 1.93. The maximum Gasteiger partial charge on any atom is 0.318 e. The van der Waals surface area contributed by atoms with Crippen LogP contribution in [0.25, 0.3) is 0 Å². The third-order valence-electron chi connectivity index (χ3n) is 1.28. The minimum Gasteiger partial charge on any atom is -0.480 e. The Kier molecular flexibility index (Phi) is 7.98. The molecule has 14 heavy (non-hydrogen) atoms. The van der Waals surface area contributed by atoms with Gasteiger partial charge < -0.3 is 9.84 Å². The van der Waals surface area contributed by atoms with Crippen LogP contribution in [0.15, 0.2) is 36.4 Å². The van der Waals surface area contributed by atoms with Crippen LogP contribution < -0.4 is 0 Å². The van der Waals surface area contributed by atoms with E-state index in [-0.39, 0.29) is 6.61 Å². The summed E-state index contributed by atoms with van der Waals surface area (Å²) >= 11 is 3.68. The molecule has 1 rings (SSSR count). The van der Waals surface area contributed by atoms with Gasteiger partial charge in [0.2, 0.25) is 0 Å². The Labute approximate surface area is 89.1 Å². The number of carboxylic acids is 1. The summed E-state index contributed by atoms with van der Waals surface area (Å²) in [4.78, 5) is 9.93. The summed E-state index contributed by atoms with van der Waals surface area (Å²) in [6.07, 6.45) is 0. The first-order chi connectivity index (χ1) is 6.68. The van der Waals surface area contributed by atoms with Gasteiger partial charge in [-0.15, -0.1) is 0 Å². The van der Waals surface area contributed by atoms with Crippen molar-refractivity contribution in [3.63, 3.8) is 0 Å². The van der Waals surface area contributed by atoms with Crippen LogP contribution >= 0.6 is 12.6 Å². The van der Waals surface area contributed by atoms with Crippen molar-refractivity contribution in [1.82, 2.24) is 0 Å². The second-order valence-electron chi connectivity index (χ2n) is 2.46. The summed E-state index contributed by atoms with van der Waals surface area (Å²) in [6, 6.07) is 12.0. The average Bonchev–Trinajstić information content (AvgIpc) is 2.21. The molecule has 1 N–H and O–H groups in total. The van der Waals surface area contributed by atoms with E-state index >= 15 is 0 Å². The van der Waals surface area contributed by atoms with E-state index in [0.717, 1.165) is 0 Å². The first-order valence-electron chi connectivity index (χ1n) is 4.08. The minimum atomic E-state index is -0.949. The molecule has 0 aliphatic heterocycles. The molecule has 78 valence electrons. The van der Waals surface area contributed by atoms with Gasteiger partial charge >= 0.3 is 5.97 Å². The molecule has 4 heteroatoms. The molecule has 3 nitrogen and oxygen atoms in total. The number of ether oxygens (including phenoxy) is 1. The van der Waals surface area contributed by atoms with E-state index in [1.165, 1.54) is 7.11 Å². The van der Waals surface area contributed by atoms with Gasteiger partial charge in [-0.1, -0.05) is 36.4 Å². The topological polar surface area (TPSA) is 46.5 Å². The largest absolute Gasteiger partial charge is 0.480 e. The Balaban J connectivity index is 0.000000249. The molecule has 1 unspecified atom stereocenters. The summed E-state index contributed by atoms with van der Waals surface area (Å²) in [6.45, 7) is 0.151. The lowest BCUT2D eigenvalue weighted by Gasteiger charge is -2.00. The standard InChI is InChI=1S/C6H6.C4H8O3S/c1-2-4-6-5-3-1;1-7-2-3(8)4(5)6/h1-6H;3,8H,2H2,1H3,(H,5,6). The van der Waals surface area contributed by atoms with Crippen molar-refractivity contribution in [2.24, 2.45) is 0 Å². The number of benzene rings is 1. The quantitative estimate of drug-likeness (QED) is 0.753. The number of hydrogen-bond donors (Lipinski definition) is 2. The lowest BCUT2D eigenvalue weighted by molar-refractivity contribution is -0.137. The predicted octanol–water partition coefficient (Wildman–Crippen LogP) is 1.70. The SMILES string of the molecule is COCC(S)C(=O)O.c1ccccc1. The zero-order valence-electron chi connectivity index (χ0n) is 7.96. The van der Waals surface area contributed by atoms with E-state index in [4.69, 9.17) is 5.11 Å². The van der Waals surface area contributed by atoms with E-state index in [0.29, 0.717) is 0 Å². The van der Waals surface area contributed by atoms with Crippen molar-refractivity contribution in [1.29, 1.82) is 0 Å². The molecule has 0 aromatic heterocycles. The molecule has 0 heterocycles. The smallest absolute Gasteiger partial charge is 0.318 e. The highest BCUT2D eigenvalue weighted by atomic mass is 32.1. The van der Waals surface area contributed by atoms with Crippen LogP contribution in [-0.4, -0.2) is 30.0 Å². The molecule has 0 aliphatic carbocycles. The normalized spacial score (nSPS) is 11.0. The molecule has 1 aromatic rings. The Hall–Kier alpha value is -1.00. The van der Waals surface area contributed by atoms with Crippen molar-refractivity contribution in [3.05, 3.63) is 36.4 Å². The summed E-state index contributed by atoms with van der Waals surface area (Å²) in [5.41, 5.74) is 0. The lowest BCUT2D eigenvalue weighted by atomic mass is 10.4. The van der Waals surface area contributed by atoms with Gasteiger partial charge in [-0.25, -0.2) is 0 Å². The van der Waals surface area contributed by atoms with E-state index in [1.807, 2.05) is 36.4 Å². The number of carbonyl (C=O) groups is 1. The first-order valence-corrected chi connectivity index (χ1v) is 4.60. The van der Waals surface area contributed by atoms with Crippen molar-refractivity contribution in [2.45, 2.75) is 5.25 Å². The van der Waals surface area contributed by atoms with E-state index in [9.17, 15) is 4.79 Å². The third-order valence-corrected chi connectivity index (χ3v) is 1.65. The fourth-order valence-corrected chi connectivity index (χ4v) is 0.763. The molecule has 0 aliphatic rings. The molecular formula is C10H14O3S. The maximum absolute atomic E-state index is 9.93. The fourth-order valence-electron chi connectivity index (χ4n) is 0.614. The van der Waals surface area contributed by atoms with Crippen LogP contribution in [0.1, 0.15) is 0 Å². The molecule has 0 amide bonds. The summed E-state index contributed by atoms with van der Waals surface area (Å²) in [7, 11) is 1.44. The second kappa shape index (κ2) is 8.59. The molecule has 1 atom stereocenters. The second-order valence-corrected chi connectivity index (χ2v) is 3.09. The van der Waals surface area contributed by atoms with E-state index < -0.39 is 11.2 Å². The predicted molar refractivity (Wildman–Crippen MR) is 58.7 cm³/mol. The van der Waals surface area contributed by atoms with Crippen molar-refractivity contribution in [2.75, 3.05) is 13.7 Å². The lowest BCUT2D eigenvalue weighted by Crippen LogP contribution is -2.18. The Morgan fingerprint density at radius 1 is 1.29 bits per heavy atom. The number of aliphatic carboxylic acids is 1. The Morgan fingerprint density at radius 2 is 1.64 bits per heavy atom. The van der Waals surface area contributed by atoms with Crippen LogP contribution in [0, 0.1) is 0 Å². The molecule has 0 saturated heterocycles. The number of methoxy groups -OCH3 is 1. The van der Waals surface area contributed by atoms with E-state index in [2.05, 4.69) is 17.4 Å². The van der Waals surface area contributed by atoms with Crippen LogP contribution in [0.3, 0.4) is 0 Å². The fraction of sp³-hybridized carbons (Fsp3) is 0.300. The summed E-state index contributed by atoms with van der Waals surface area (Å²) < 4.78 is 4.51. The van der Waals surface area contributed by atoms with Gasteiger partial charge in [0, 0.05) is 7.11 Å². The van der Waals surface area contributed by atoms with E-state index in [1.54, 1.807) is 0 Å². The zero-order chi connectivity index (χ0) is 10.8. The van der Waals surface area contributed by atoms with Crippen molar-refractivity contribution >= 4 is 18.6 Å². The number of carboxylic acid groups (broad SMARTS) is 1. The van der Waals surface area contributed by atoms with Crippen molar-refractivity contribution in [3.8, 4) is 0 Å². The molecular weight excluding hydrogens is 200 g/mol. The number of thiol groups is 1. The highest BCUT2D eigenvalue weighted by molar-refractivity contribution is 7.81. The molecule has 1 aromatic carbocycles. The van der Waals surface area contributed by atoms with Gasteiger partial charge in [0.1, 0.15) is 5.25 Å². The monoisotopic (exact) mass is 214 g/mol. The van der Waals surface area contributed by atoms with Gasteiger partial charge in [-0.3, -0.25) is 4.79 Å². The first kappa shape index (κ1) is 13.0. The van der Waals surface area contributed by atoms with Gasteiger partial charge in [0.25, 0.3) is 0 Å². The molecule has 0 spiro atoms. The molecule has 0 fully saturated rings. The van der Waals surface area contributed by atoms with Gasteiger partial charge in [0.05, 0.1) is 6.61 Å². The maximum atomic E-state index is 9.93. The average molecular weight is 214 g/mol. The third kappa shape index (κ3) is 7.64. The molecule has 0 radical (unpaired) electrons. The minimum absolute atomic E-state index is 0.151. The van der Waals surface area contributed by atoms with Crippen LogP contribution in [0.4, 0.5) is 0 Å². The Bertz CT molecular complexity index is 212. The molecule has 0 bridgehead atoms. The van der Waals surface area contributed by atoms with Crippen LogP contribution in [-0.2, 0) is 9.53 Å². The van der Waals surface area contributed by atoms with Gasteiger partial charge in [-0.05, 0) is 0 Å². The number of hydrogen-bond acceptors (Lipinski definition) is 3. The highest BCUT2D eigenvalue weighted by Gasteiger charge is 2.09. The van der Waals surface area contributed by atoms with Gasteiger partial charge in [0.15, 0.2) is 0 Å². The van der Waals surface area contributed by atoms with Crippen molar-refractivity contribution < 1.29 is 14.6 Å².